The summed E-state index contributed by atoms with van der Waals surface area (Å²) in [4.78, 5) is 2.39. The lowest BCUT2D eigenvalue weighted by Crippen LogP contribution is -2.63. The maximum atomic E-state index is 6.64. The minimum atomic E-state index is -0.315. The highest BCUT2D eigenvalue weighted by Gasteiger charge is 2.66. The van der Waals surface area contributed by atoms with Gasteiger partial charge in [0.1, 0.15) is 0 Å². The monoisotopic (exact) mass is 491 g/mol. The molecule has 1 heterocycles. The zero-order valence-electron chi connectivity index (χ0n) is 23.6. The number of hydrogen-bond acceptors (Lipinski definition) is 3. The predicted molar refractivity (Wildman–Crippen MR) is 146 cm³/mol. The first kappa shape index (κ1) is 24.0. The molecule has 4 saturated carbocycles. The highest BCUT2D eigenvalue weighted by Crippen LogP contribution is 2.74. The van der Waals surface area contributed by atoms with E-state index < -0.39 is 0 Å². The molecule has 3 nitrogen and oxygen atoms in total. The first-order valence-corrected chi connectivity index (χ1v) is 15.3. The normalized spacial score (nSPS) is 43.8. The van der Waals surface area contributed by atoms with Crippen molar-refractivity contribution in [2.24, 2.45) is 39.9 Å². The molecule has 0 aromatic heterocycles. The van der Waals surface area contributed by atoms with Crippen LogP contribution in [0.25, 0.3) is 0 Å². The fourth-order valence-corrected chi connectivity index (χ4v) is 11.1. The van der Waals surface area contributed by atoms with Gasteiger partial charge in [0.25, 0.3) is 0 Å². The standard InChI is InChI=1S/C33H49NO2/c1-6-31-14-8-10-27(31)24-13-12-22-17-33(35-20-30(2,3)21-36-33)16-15-32(22)19-25-23(26(18-31)29(24)32)9-7-11-28(25)34(4)5/h7,9,11,22,24,26-27,29H,6,8,10,12-21H2,1-5H3/t22-,24-,26?,27-,29?,31-,32+/m0/s1. The molecule has 3 heteroatoms. The quantitative estimate of drug-likeness (QED) is 0.426. The van der Waals surface area contributed by atoms with Crippen molar-refractivity contribution in [2.45, 2.75) is 103 Å². The van der Waals surface area contributed by atoms with Crippen molar-refractivity contribution in [3.05, 3.63) is 29.3 Å². The molecule has 36 heavy (non-hydrogen) atoms. The fourth-order valence-electron chi connectivity index (χ4n) is 11.1. The van der Waals surface area contributed by atoms with E-state index in [1.807, 2.05) is 0 Å². The summed E-state index contributed by atoms with van der Waals surface area (Å²) < 4.78 is 13.3. The Hall–Kier alpha value is -1.06. The predicted octanol–water partition coefficient (Wildman–Crippen LogP) is 7.57. The van der Waals surface area contributed by atoms with Crippen molar-refractivity contribution in [3.8, 4) is 0 Å². The Morgan fingerprint density at radius 1 is 0.972 bits per heavy atom. The van der Waals surface area contributed by atoms with E-state index in [0.29, 0.717) is 10.8 Å². The van der Waals surface area contributed by atoms with Crippen LogP contribution >= 0.6 is 0 Å². The number of hydrogen-bond donors (Lipinski definition) is 0. The molecule has 7 rings (SSSR count). The van der Waals surface area contributed by atoms with E-state index in [1.165, 1.54) is 63.5 Å². The average Bonchev–Trinajstić information content (AvgIpc) is 3.30. The molecule has 1 aromatic carbocycles. The molecule has 0 amide bonds. The molecule has 0 bridgehead atoms. The van der Waals surface area contributed by atoms with Gasteiger partial charge in [0.05, 0.1) is 13.2 Å². The maximum absolute atomic E-state index is 6.64. The van der Waals surface area contributed by atoms with Crippen molar-refractivity contribution in [1.29, 1.82) is 0 Å². The number of rotatable bonds is 2. The fraction of sp³-hybridized carbons (Fsp3) is 0.818. The highest BCUT2D eigenvalue weighted by molar-refractivity contribution is 5.59. The van der Waals surface area contributed by atoms with E-state index in [9.17, 15) is 0 Å². The number of ether oxygens (including phenoxy) is 2. The summed E-state index contributed by atoms with van der Waals surface area (Å²) in [6.07, 6.45) is 14.9. The lowest BCUT2D eigenvalue weighted by atomic mass is 9.38. The lowest BCUT2D eigenvalue weighted by Gasteiger charge is -2.68. The summed E-state index contributed by atoms with van der Waals surface area (Å²) in [6.45, 7) is 8.77. The zero-order chi connectivity index (χ0) is 24.9. The first-order chi connectivity index (χ1) is 17.2. The van der Waals surface area contributed by atoms with E-state index in [-0.39, 0.29) is 11.2 Å². The molecule has 5 fully saturated rings. The maximum Gasteiger partial charge on any atom is 0.168 e. The summed E-state index contributed by atoms with van der Waals surface area (Å²) in [5.41, 5.74) is 6.07. The number of fused-ring (bicyclic) bond motifs is 4. The molecule has 6 aliphatic rings. The van der Waals surface area contributed by atoms with E-state index >= 15 is 0 Å². The summed E-state index contributed by atoms with van der Waals surface area (Å²) in [7, 11) is 4.51. The third kappa shape index (κ3) is 3.23. The average molecular weight is 492 g/mol. The molecule has 198 valence electrons. The third-order valence-corrected chi connectivity index (χ3v) is 12.6. The minimum Gasteiger partial charge on any atom is -0.377 e. The van der Waals surface area contributed by atoms with Gasteiger partial charge in [-0.3, -0.25) is 0 Å². The van der Waals surface area contributed by atoms with E-state index in [4.69, 9.17) is 9.47 Å². The number of benzene rings is 1. The van der Waals surface area contributed by atoms with Crippen LogP contribution in [0, 0.1) is 39.9 Å². The van der Waals surface area contributed by atoms with Crippen LogP contribution < -0.4 is 4.90 Å². The van der Waals surface area contributed by atoms with Crippen LogP contribution in [0.15, 0.2) is 18.2 Å². The Morgan fingerprint density at radius 3 is 2.53 bits per heavy atom. The van der Waals surface area contributed by atoms with Crippen molar-refractivity contribution in [3.63, 3.8) is 0 Å². The molecule has 7 atom stereocenters. The van der Waals surface area contributed by atoms with Crippen molar-refractivity contribution >= 4 is 5.69 Å². The molecule has 1 aromatic rings. The second-order valence-electron chi connectivity index (χ2n) is 15.0. The Labute approximate surface area is 219 Å². The van der Waals surface area contributed by atoms with Gasteiger partial charge >= 0.3 is 0 Å². The van der Waals surface area contributed by atoms with Crippen LogP contribution in [0.3, 0.4) is 0 Å². The molecule has 2 unspecified atom stereocenters. The van der Waals surface area contributed by atoms with Gasteiger partial charge in [-0.15, -0.1) is 0 Å². The third-order valence-electron chi connectivity index (χ3n) is 12.6. The van der Waals surface area contributed by atoms with E-state index in [2.05, 4.69) is 58.0 Å². The van der Waals surface area contributed by atoms with Gasteiger partial charge < -0.3 is 14.4 Å². The van der Waals surface area contributed by atoms with Crippen molar-refractivity contribution < 1.29 is 9.47 Å². The van der Waals surface area contributed by atoms with Gasteiger partial charge in [-0.1, -0.05) is 45.7 Å². The molecule has 0 N–H and O–H groups in total. The Balaban J connectivity index is 1.33. The smallest absolute Gasteiger partial charge is 0.168 e. The van der Waals surface area contributed by atoms with Gasteiger partial charge in [0, 0.05) is 38.0 Å². The summed E-state index contributed by atoms with van der Waals surface area (Å²) >= 11 is 0. The largest absolute Gasteiger partial charge is 0.377 e. The van der Waals surface area contributed by atoms with E-state index in [0.717, 1.165) is 55.6 Å². The van der Waals surface area contributed by atoms with Gasteiger partial charge in [-0.05, 0) is 103 Å². The highest BCUT2D eigenvalue weighted by atomic mass is 16.7. The van der Waals surface area contributed by atoms with E-state index in [1.54, 1.807) is 11.1 Å². The first-order valence-electron chi connectivity index (χ1n) is 15.3. The van der Waals surface area contributed by atoms with Crippen molar-refractivity contribution in [2.75, 3.05) is 32.2 Å². The van der Waals surface area contributed by atoms with Crippen LogP contribution in [0.4, 0.5) is 5.69 Å². The Kier molecular flexibility index (Phi) is 5.32. The van der Waals surface area contributed by atoms with Gasteiger partial charge in [0.2, 0.25) is 0 Å². The van der Waals surface area contributed by atoms with Gasteiger partial charge in [0.15, 0.2) is 5.79 Å². The number of anilines is 1. The van der Waals surface area contributed by atoms with Crippen LogP contribution in [0.2, 0.25) is 0 Å². The Morgan fingerprint density at radius 2 is 1.78 bits per heavy atom. The molecular weight excluding hydrogens is 442 g/mol. The van der Waals surface area contributed by atoms with Crippen LogP contribution in [-0.2, 0) is 15.9 Å². The summed E-state index contributed by atoms with van der Waals surface area (Å²) in [5, 5.41) is 0. The molecule has 5 aliphatic carbocycles. The second-order valence-corrected chi connectivity index (χ2v) is 15.0. The molecule has 1 aliphatic heterocycles. The molecule has 1 saturated heterocycles. The zero-order valence-corrected chi connectivity index (χ0v) is 23.6. The Bertz CT molecular complexity index is 1020. The van der Waals surface area contributed by atoms with Crippen LogP contribution in [0.5, 0.6) is 0 Å². The topological polar surface area (TPSA) is 21.7 Å². The molecular formula is C33H49NO2. The SMILES string of the molecule is CC[C@@]12CCC[C@H]1[C@@H]1CC[C@H]3CC4(CC[C@@]35Cc3c(cccc3N(C)C)C(C2)C15)OCC(C)(C)CO4. The van der Waals surface area contributed by atoms with Crippen LogP contribution in [-0.4, -0.2) is 33.1 Å². The summed E-state index contributed by atoms with van der Waals surface area (Å²) in [5.74, 6) is 3.93. The van der Waals surface area contributed by atoms with Gasteiger partial charge in [-0.25, -0.2) is 0 Å². The second kappa shape index (κ2) is 7.98. The summed E-state index contributed by atoms with van der Waals surface area (Å²) in [6, 6.07) is 7.29. The molecule has 2 spiro atoms. The molecule has 0 radical (unpaired) electrons. The number of nitrogens with zero attached hydrogens (tertiary/aromatic N) is 1. The van der Waals surface area contributed by atoms with Crippen molar-refractivity contribution in [1.82, 2.24) is 0 Å². The minimum absolute atomic E-state index is 0.142. The lowest BCUT2D eigenvalue weighted by molar-refractivity contribution is -0.332. The van der Waals surface area contributed by atoms with Gasteiger partial charge in [-0.2, -0.15) is 0 Å². The van der Waals surface area contributed by atoms with Crippen LogP contribution in [0.1, 0.15) is 102 Å².